The van der Waals surface area contributed by atoms with Crippen LogP contribution in [0.25, 0.3) is 0 Å². The number of hydrogen-bond donors (Lipinski definition) is 2. The minimum Gasteiger partial charge on any atom is -0.368 e. The van der Waals surface area contributed by atoms with Crippen molar-refractivity contribution in [3.8, 4) is 0 Å². The highest BCUT2D eigenvalue weighted by Gasteiger charge is 2.27. The van der Waals surface area contributed by atoms with Crippen molar-refractivity contribution < 1.29 is 9.53 Å². The molecule has 1 aliphatic carbocycles. The molecular formula is C10H20N2O2. The Morgan fingerprint density at radius 3 is 2.57 bits per heavy atom. The standard InChI is InChI=1S/C10H20N2O2/c1-10(2)5-3-8(4-6-10)14-7-9(13)12-11/h8H,3-7,11H2,1-2H3,(H,12,13). The summed E-state index contributed by atoms with van der Waals surface area (Å²) < 4.78 is 5.44. The summed E-state index contributed by atoms with van der Waals surface area (Å²) in [7, 11) is 0. The molecule has 1 aliphatic rings. The summed E-state index contributed by atoms with van der Waals surface area (Å²) in [6.07, 6.45) is 4.67. The lowest BCUT2D eigenvalue weighted by Crippen LogP contribution is -2.36. The van der Waals surface area contributed by atoms with E-state index < -0.39 is 0 Å². The van der Waals surface area contributed by atoms with E-state index in [-0.39, 0.29) is 18.6 Å². The van der Waals surface area contributed by atoms with Gasteiger partial charge in [-0.15, -0.1) is 0 Å². The number of nitrogens with one attached hydrogen (secondary N) is 1. The molecule has 0 bridgehead atoms. The predicted molar refractivity (Wildman–Crippen MR) is 54.3 cm³/mol. The van der Waals surface area contributed by atoms with Crippen LogP contribution in [-0.4, -0.2) is 18.6 Å². The van der Waals surface area contributed by atoms with E-state index in [1.54, 1.807) is 0 Å². The first-order valence-corrected chi connectivity index (χ1v) is 5.14. The van der Waals surface area contributed by atoms with Crippen LogP contribution in [-0.2, 0) is 9.53 Å². The Balaban J connectivity index is 2.19. The third kappa shape index (κ3) is 3.64. The van der Waals surface area contributed by atoms with Crippen molar-refractivity contribution in [3.63, 3.8) is 0 Å². The average Bonchev–Trinajstić information content (AvgIpc) is 2.16. The fraction of sp³-hybridized carbons (Fsp3) is 0.900. The highest BCUT2D eigenvalue weighted by molar-refractivity contribution is 5.76. The summed E-state index contributed by atoms with van der Waals surface area (Å²) >= 11 is 0. The molecule has 0 atom stereocenters. The molecule has 82 valence electrons. The normalized spacial score (nSPS) is 21.9. The molecule has 1 fully saturated rings. The quantitative estimate of drug-likeness (QED) is 0.405. The SMILES string of the molecule is CC1(C)CCC(OCC(=O)NN)CC1. The molecule has 1 saturated carbocycles. The lowest BCUT2D eigenvalue weighted by molar-refractivity contribution is -0.128. The Kier molecular flexibility index (Phi) is 3.89. The first-order chi connectivity index (χ1) is 6.53. The molecule has 0 radical (unpaired) electrons. The third-order valence-corrected chi connectivity index (χ3v) is 2.90. The van der Waals surface area contributed by atoms with Gasteiger partial charge < -0.3 is 4.74 Å². The van der Waals surface area contributed by atoms with Gasteiger partial charge in [0.25, 0.3) is 5.91 Å². The van der Waals surface area contributed by atoms with E-state index in [9.17, 15) is 4.79 Å². The van der Waals surface area contributed by atoms with Gasteiger partial charge in [-0.1, -0.05) is 13.8 Å². The molecule has 4 nitrogen and oxygen atoms in total. The van der Waals surface area contributed by atoms with Crippen LogP contribution in [0.5, 0.6) is 0 Å². The third-order valence-electron chi connectivity index (χ3n) is 2.90. The molecule has 0 aliphatic heterocycles. The molecular weight excluding hydrogens is 180 g/mol. The molecule has 0 aromatic heterocycles. The van der Waals surface area contributed by atoms with Crippen molar-refractivity contribution in [1.29, 1.82) is 0 Å². The number of carbonyl (C=O) groups is 1. The monoisotopic (exact) mass is 200 g/mol. The number of hydrazine groups is 1. The number of amides is 1. The molecule has 0 aromatic carbocycles. The van der Waals surface area contributed by atoms with Gasteiger partial charge in [0.05, 0.1) is 6.10 Å². The van der Waals surface area contributed by atoms with Gasteiger partial charge in [-0.3, -0.25) is 10.2 Å². The molecule has 0 heterocycles. The number of hydrogen-bond acceptors (Lipinski definition) is 3. The van der Waals surface area contributed by atoms with Crippen molar-refractivity contribution in [2.75, 3.05) is 6.61 Å². The van der Waals surface area contributed by atoms with Crippen LogP contribution < -0.4 is 11.3 Å². The van der Waals surface area contributed by atoms with Crippen LogP contribution in [0.4, 0.5) is 0 Å². The largest absolute Gasteiger partial charge is 0.368 e. The number of nitrogens with two attached hydrogens (primary N) is 1. The van der Waals surface area contributed by atoms with E-state index in [4.69, 9.17) is 10.6 Å². The fourth-order valence-electron chi connectivity index (χ4n) is 1.77. The topological polar surface area (TPSA) is 64.3 Å². The van der Waals surface area contributed by atoms with Gasteiger partial charge in [0.2, 0.25) is 0 Å². The molecule has 0 unspecified atom stereocenters. The molecule has 1 rings (SSSR count). The second-order valence-electron chi connectivity index (χ2n) is 4.74. The molecule has 0 saturated heterocycles. The summed E-state index contributed by atoms with van der Waals surface area (Å²) in [5.41, 5.74) is 2.50. The van der Waals surface area contributed by atoms with Crippen LogP contribution in [0.1, 0.15) is 39.5 Å². The fourth-order valence-corrected chi connectivity index (χ4v) is 1.77. The smallest absolute Gasteiger partial charge is 0.259 e. The Labute approximate surface area is 85.2 Å². The second-order valence-corrected chi connectivity index (χ2v) is 4.74. The first-order valence-electron chi connectivity index (χ1n) is 5.14. The first kappa shape index (κ1) is 11.5. The zero-order valence-corrected chi connectivity index (χ0v) is 9.01. The maximum Gasteiger partial charge on any atom is 0.259 e. The van der Waals surface area contributed by atoms with Crippen molar-refractivity contribution in [2.45, 2.75) is 45.6 Å². The zero-order chi connectivity index (χ0) is 10.6. The second kappa shape index (κ2) is 4.75. The van der Waals surface area contributed by atoms with Gasteiger partial charge in [0, 0.05) is 0 Å². The van der Waals surface area contributed by atoms with E-state index in [2.05, 4.69) is 19.3 Å². The van der Waals surface area contributed by atoms with Crippen LogP contribution in [0.2, 0.25) is 0 Å². The summed E-state index contributed by atoms with van der Waals surface area (Å²) in [6, 6.07) is 0. The lowest BCUT2D eigenvalue weighted by atomic mass is 9.76. The van der Waals surface area contributed by atoms with Crippen LogP contribution in [0, 0.1) is 5.41 Å². The van der Waals surface area contributed by atoms with Gasteiger partial charge in [-0.25, -0.2) is 5.84 Å². The van der Waals surface area contributed by atoms with E-state index in [0.717, 1.165) is 12.8 Å². The van der Waals surface area contributed by atoms with E-state index in [1.807, 2.05) is 0 Å². The molecule has 1 amide bonds. The van der Waals surface area contributed by atoms with E-state index >= 15 is 0 Å². The van der Waals surface area contributed by atoms with Crippen molar-refractivity contribution in [2.24, 2.45) is 11.3 Å². The van der Waals surface area contributed by atoms with Crippen molar-refractivity contribution in [1.82, 2.24) is 5.43 Å². The van der Waals surface area contributed by atoms with Crippen LogP contribution in [0.3, 0.4) is 0 Å². The average molecular weight is 200 g/mol. The highest BCUT2D eigenvalue weighted by atomic mass is 16.5. The van der Waals surface area contributed by atoms with Crippen molar-refractivity contribution in [3.05, 3.63) is 0 Å². The molecule has 0 aromatic rings. The summed E-state index contributed by atoms with van der Waals surface area (Å²) in [5.74, 6) is 4.70. The van der Waals surface area contributed by atoms with Gasteiger partial charge in [-0.05, 0) is 31.1 Å². The number of rotatable bonds is 3. The Hall–Kier alpha value is -0.610. The maximum atomic E-state index is 10.8. The van der Waals surface area contributed by atoms with Gasteiger partial charge in [-0.2, -0.15) is 0 Å². The minimum atomic E-state index is -0.255. The molecule has 3 N–H and O–H groups in total. The lowest BCUT2D eigenvalue weighted by Gasteiger charge is -2.33. The Bertz CT molecular complexity index is 194. The van der Waals surface area contributed by atoms with Crippen LogP contribution in [0.15, 0.2) is 0 Å². The molecule has 4 heteroatoms. The minimum absolute atomic E-state index is 0.0849. The molecule has 14 heavy (non-hydrogen) atoms. The Morgan fingerprint density at radius 1 is 1.50 bits per heavy atom. The van der Waals surface area contributed by atoms with Gasteiger partial charge >= 0.3 is 0 Å². The summed E-state index contributed by atoms with van der Waals surface area (Å²) in [5, 5.41) is 0. The Morgan fingerprint density at radius 2 is 2.07 bits per heavy atom. The molecule has 0 spiro atoms. The number of ether oxygens (including phenoxy) is 1. The van der Waals surface area contributed by atoms with Crippen LogP contribution >= 0.6 is 0 Å². The van der Waals surface area contributed by atoms with E-state index in [0.29, 0.717) is 5.41 Å². The summed E-state index contributed by atoms with van der Waals surface area (Å²) in [6.45, 7) is 4.63. The maximum absolute atomic E-state index is 10.8. The zero-order valence-electron chi connectivity index (χ0n) is 9.01. The summed E-state index contributed by atoms with van der Waals surface area (Å²) in [4.78, 5) is 10.8. The highest BCUT2D eigenvalue weighted by Crippen LogP contribution is 2.35. The van der Waals surface area contributed by atoms with Gasteiger partial charge in [0.15, 0.2) is 0 Å². The van der Waals surface area contributed by atoms with Crippen molar-refractivity contribution >= 4 is 5.91 Å². The van der Waals surface area contributed by atoms with E-state index in [1.165, 1.54) is 12.8 Å². The number of carbonyl (C=O) groups excluding carboxylic acids is 1. The van der Waals surface area contributed by atoms with Gasteiger partial charge in [0.1, 0.15) is 6.61 Å². The predicted octanol–water partition coefficient (Wildman–Crippen LogP) is 0.962.